The van der Waals surface area contributed by atoms with Crippen LogP contribution in [0.5, 0.6) is 0 Å². The number of hydrogen-bond donors (Lipinski definition) is 2. The first kappa shape index (κ1) is 19.0. The Bertz CT molecular complexity index is 1030. The fourth-order valence-corrected chi connectivity index (χ4v) is 2.56. The van der Waals surface area contributed by atoms with Crippen LogP contribution in [0.4, 0.5) is 10.1 Å². The van der Waals surface area contributed by atoms with Gasteiger partial charge in [-0.1, -0.05) is 42.0 Å². The largest absolute Gasteiger partial charge is 0.321 e. The number of nitrogens with zero attached hydrogens (tertiary/aromatic N) is 1. The molecule has 3 aromatic carbocycles. The van der Waals surface area contributed by atoms with Crippen LogP contribution >= 0.6 is 0 Å². The summed E-state index contributed by atoms with van der Waals surface area (Å²) in [6.45, 7) is 1.97. The van der Waals surface area contributed by atoms with Gasteiger partial charge in [-0.3, -0.25) is 9.59 Å². The maximum atomic E-state index is 13.0. The average molecular weight is 375 g/mol. The summed E-state index contributed by atoms with van der Waals surface area (Å²) >= 11 is 0. The van der Waals surface area contributed by atoms with Gasteiger partial charge in [-0.2, -0.15) is 5.10 Å². The highest BCUT2D eigenvalue weighted by atomic mass is 19.1. The van der Waals surface area contributed by atoms with Gasteiger partial charge in [0.1, 0.15) is 5.82 Å². The molecule has 0 aromatic heterocycles. The van der Waals surface area contributed by atoms with E-state index in [1.807, 2.05) is 31.2 Å². The van der Waals surface area contributed by atoms with Crippen molar-refractivity contribution < 1.29 is 14.0 Å². The third-order valence-electron chi connectivity index (χ3n) is 3.95. The number of anilines is 1. The van der Waals surface area contributed by atoms with Gasteiger partial charge in [0.25, 0.3) is 11.8 Å². The van der Waals surface area contributed by atoms with E-state index in [2.05, 4.69) is 15.8 Å². The van der Waals surface area contributed by atoms with Crippen molar-refractivity contribution in [2.24, 2.45) is 5.10 Å². The van der Waals surface area contributed by atoms with Gasteiger partial charge in [0.15, 0.2) is 0 Å². The number of carbonyl (C=O) groups is 2. The molecule has 28 heavy (non-hydrogen) atoms. The Labute approximate surface area is 161 Å². The van der Waals surface area contributed by atoms with Gasteiger partial charge in [-0.15, -0.1) is 0 Å². The molecule has 140 valence electrons. The summed E-state index contributed by atoms with van der Waals surface area (Å²) in [5.41, 5.74) is 5.29. The predicted octanol–water partition coefficient (Wildman–Crippen LogP) is 4.15. The van der Waals surface area contributed by atoms with Gasteiger partial charge in [0.05, 0.1) is 17.5 Å². The van der Waals surface area contributed by atoms with Crippen molar-refractivity contribution in [3.05, 3.63) is 101 Å². The summed E-state index contributed by atoms with van der Waals surface area (Å²) < 4.78 is 13.0. The van der Waals surface area contributed by atoms with E-state index in [9.17, 15) is 14.0 Å². The van der Waals surface area contributed by atoms with Crippen molar-refractivity contribution in [1.82, 2.24) is 5.43 Å². The first-order chi connectivity index (χ1) is 13.5. The Balaban J connectivity index is 1.71. The summed E-state index contributed by atoms with van der Waals surface area (Å²) in [4.78, 5) is 24.8. The molecule has 0 atom stereocenters. The Kier molecular flexibility index (Phi) is 5.91. The second-order valence-corrected chi connectivity index (χ2v) is 6.12. The highest BCUT2D eigenvalue weighted by Gasteiger charge is 2.13. The number of nitrogens with one attached hydrogen (secondary N) is 2. The smallest absolute Gasteiger partial charge is 0.273 e. The van der Waals surface area contributed by atoms with Gasteiger partial charge in [0.2, 0.25) is 0 Å². The first-order valence-electron chi connectivity index (χ1n) is 8.59. The SMILES string of the molecule is Cc1cccc(/C=N/NC(=O)c2ccccc2NC(=O)c2ccc(F)cc2)c1. The van der Waals surface area contributed by atoms with Crippen molar-refractivity contribution >= 4 is 23.7 Å². The Morgan fingerprint density at radius 1 is 0.929 bits per heavy atom. The highest BCUT2D eigenvalue weighted by molar-refractivity contribution is 6.09. The molecule has 0 aliphatic rings. The van der Waals surface area contributed by atoms with E-state index >= 15 is 0 Å². The van der Waals surface area contributed by atoms with E-state index in [1.54, 1.807) is 30.5 Å². The molecule has 0 aliphatic heterocycles. The third kappa shape index (κ3) is 4.88. The number of benzene rings is 3. The molecule has 3 rings (SSSR count). The van der Waals surface area contributed by atoms with Gasteiger partial charge >= 0.3 is 0 Å². The lowest BCUT2D eigenvalue weighted by molar-refractivity contribution is 0.0956. The number of hydrogen-bond acceptors (Lipinski definition) is 3. The van der Waals surface area contributed by atoms with E-state index < -0.39 is 17.6 Å². The highest BCUT2D eigenvalue weighted by Crippen LogP contribution is 2.16. The molecule has 6 heteroatoms. The van der Waals surface area contributed by atoms with Crippen LogP contribution in [-0.4, -0.2) is 18.0 Å². The van der Waals surface area contributed by atoms with E-state index in [4.69, 9.17) is 0 Å². The van der Waals surface area contributed by atoms with Crippen molar-refractivity contribution in [2.45, 2.75) is 6.92 Å². The summed E-state index contributed by atoms with van der Waals surface area (Å²) in [5.74, 6) is -1.33. The second kappa shape index (κ2) is 8.73. The molecule has 0 saturated carbocycles. The van der Waals surface area contributed by atoms with Crippen LogP contribution < -0.4 is 10.7 Å². The number of aryl methyl sites for hydroxylation is 1. The Morgan fingerprint density at radius 2 is 1.68 bits per heavy atom. The molecule has 5 nitrogen and oxygen atoms in total. The average Bonchev–Trinajstić information content (AvgIpc) is 2.69. The van der Waals surface area contributed by atoms with Crippen LogP contribution in [0.15, 0.2) is 77.9 Å². The molecule has 0 heterocycles. The number of halogens is 1. The first-order valence-corrected chi connectivity index (χ1v) is 8.59. The minimum atomic E-state index is -0.459. The maximum Gasteiger partial charge on any atom is 0.273 e. The van der Waals surface area contributed by atoms with Crippen LogP contribution in [-0.2, 0) is 0 Å². The molecule has 0 radical (unpaired) electrons. The maximum absolute atomic E-state index is 13.0. The number of para-hydroxylation sites is 1. The van der Waals surface area contributed by atoms with Gasteiger partial charge in [-0.05, 0) is 48.9 Å². The standard InChI is InChI=1S/C22H18FN3O2/c1-15-5-4-6-16(13-15)14-24-26-22(28)19-7-2-3-8-20(19)25-21(27)17-9-11-18(23)12-10-17/h2-14H,1H3,(H,25,27)(H,26,28)/b24-14+. The zero-order chi connectivity index (χ0) is 19.9. The minimum absolute atomic E-state index is 0.263. The molecule has 0 unspecified atom stereocenters. The minimum Gasteiger partial charge on any atom is -0.321 e. The Hall–Kier alpha value is -3.80. The summed E-state index contributed by atoms with van der Waals surface area (Å²) in [6.07, 6.45) is 1.55. The van der Waals surface area contributed by atoms with Crippen molar-refractivity contribution in [1.29, 1.82) is 0 Å². The van der Waals surface area contributed by atoms with Crippen molar-refractivity contribution in [2.75, 3.05) is 5.32 Å². The van der Waals surface area contributed by atoms with Crippen LogP contribution in [0.3, 0.4) is 0 Å². The topological polar surface area (TPSA) is 70.6 Å². The van der Waals surface area contributed by atoms with Crippen LogP contribution in [0.1, 0.15) is 31.8 Å². The summed E-state index contributed by atoms with van der Waals surface area (Å²) in [6, 6.07) is 19.4. The number of carbonyl (C=O) groups excluding carboxylic acids is 2. The fourth-order valence-electron chi connectivity index (χ4n) is 2.56. The molecule has 0 spiro atoms. The zero-order valence-electron chi connectivity index (χ0n) is 15.1. The summed E-state index contributed by atoms with van der Waals surface area (Å²) in [5, 5.41) is 6.64. The molecular weight excluding hydrogens is 357 g/mol. The lowest BCUT2D eigenvalue weighted by atomic mass is 10.1. The van der Waals surface area contributed by atoms with E-state index in [0.29, 0.717) is 5.69 Å². The molecule has 0 aliphatic carbocycles. The zero-order valence-corrected chi connectivity index (χ0v) is 15.1. The molecule has 2 amide bonds. The fraction of sp³-hybridized carbons (Fsp3) is 0.0455. The Morgan fingerprint density at radius 3 is 2.43 bits per heavy atom. The lowest BCUT2D eigenvalue weighted by Crippen LogP contribution is -2.21. The van der Waals surface area contributed by atoms with Crippen LogP contribution in [0.2, 0.25) is 0 Å². The predicted molar refractivity (Wildman–Crippen MR) is 107 cm³/mol. The molecule has 3 aromatic rings. The normalized spacial score (nSPS) is 10.6. The second-order valence-electron chi connectivity index (χ2n) is 6.12. The van der Waals surface area contributed by atoms with E-state index in [-0.39, 0.29) is 11.1 Å². The number of amides is 2. The monoisotopic (exact) mass is 375 g/mol. The van der Waals surface area contributed by atoms with Gasteiger partial charge in [0, 0.05) is 5.56 Å². The molecular formula is C22H18FN3O2. The third-order valence-corrected chi connectivity index (χ3v) is 3.95. The quantitative estimate of drug-likeness (QED) is 0.519. The van der Waals surface area contributed by atoms with Crippen LogP contribution in [0.25, 0.3) is 0 Å². The van der Waals surface area contributed by atoms with E-state index in [1.165, 1.54) is 24.3 Å². The van der Waals surface area contributed by atoms with Crippen molar-refractivity contribution in [3.8, 4) is 0 Å². The van der Waals surface area contributed by atoms with Gasteiger partial charge < -0.3 is 5.32 Å². The van der Waals surface area contributed by atoms with E-state index in [0.717, 1.165) is 11.1 Å². The van der Waals surface area contributed by atoms with Crippen LogP contribution in [0, 0.1) is 12.7 Å². The van der Waals surface area contributed by atoms with Gasteiger partial charge in [-0.25, -0.2) is 9.82 Å². The molecule has 0 saturated heterocycles. The number of hydrazone groups is 1. The van der Waals surface area contributed by atoms with Crippen molar-refractivity contribution in [3.63, 3.8) is 0 Å². The molecule has 0 bridgehead atoms. The molecule has 2 N–H and O–H groups in total. The molecule has 0 fully saturated rings. The number of rotatable bonds is 5. The summed E-state index contributed by atoms with van der Waals surface area (Å²) in [7, 11) is 0. The lowest BCUT2D eigenvalue weighted by Gasteiger charge is -2.10.